The lowest BCUT2D eigenvalue weighted by molar-refractivity contribution is -0.123. The summed E-state index contributed by atoms with van der Waals surface area (Å²) in [6.07, 6.45) is 3.85. The van der Waals surface area contributed by atoms with Crippen LogP contribution in [-0.4, -0.2) is 10.9 Å². The molecule has 1 aliphatic rings. The molecule has 2 aromatic carbocycles. The predicted octanol–water partition coefficient (Wildman–Crippen LogP) is 3.82. The van der Waals surface area contributed by atoms with Crippen LogP contribution in [0, 0.1) is 6.92 Å². The van der Waals surface area contributed by atoms with Crippen LogP contribution in [0.25, 0.3) is 10.9 Å². The molecule has 0 spiro atoms. The van der Waals surface area contributed by atoms with Crippen LogP contribution in [0.1, 0.15) is 29.5 Å². The molecule has 1 saturated carbocycles. The molecule has 0 bridgehead atoms. The zero-order valence-electron chi connectivity index (χ0n) is 13.2. The van der Waals surface area contributed by atoms with Gasteiger partial charge in [-0.15, -0.1) is 0 Å². The summed E-state index contributed by atoms with van der Waals surface area (Å²) < 4.78 is 0. The number of hydrogen-bond donors (Lipinski definition) is 2. The van der Waals surface area contributed by atoms with Gasteiger partial charge in [0.15, 0.2) is 0 Å². The number of carbonyl (C=O) groups is 1. The minimum atomic E-state index is -0.343. The number of aryl methyl sites for hydroxylation is 1. The van der Waals surface area contributed by atoms with E-state index in [4.69, 9.17) is 0 Å². The summed E-state index contributed by atoms with van der Waals surface area (Å²) in [4.78, 5) is 16.1. The van der Waals surface area contributed by atoms with Crippen molar-refractivity contribution < 1.29 is 4.79 Å². The number of amides is 1. The molecule has 4 rings (SSSR count). The Kier molecular flexibility index (Phi) is 3.22. The van der Waals surface area contributed by atoms with Crippen molar-refractivity contribution in [1.82, 2.24) is 10.3 Å². The van der Waals surface area contributed by atoms with E-state index in [9.17, 15) is 4.79 Å². The average molecular weight is 304 g/mol. The fourth-order valence-corrected chi connectivity index (χ4v) is 3.27. The van der Waals surface area contributed by atoms with Crippen LogP contribution in [0.15, 0.2) is 54.7 Å². The first-order chi connectivity index (χ1) is 11.2. The Balaban J connectivity index is 1.54. The van der Waals surface area contributed by atoms with Gasteiger partial charge in [-0.1, -0.05) is 48.0 Å². The summed E-state index contributed by atoms with van der Waals surface area (Å²) in [5.74, 6) is 0.142. The summed E-state index contributed by atoms with van der Waals surface area (Å²) in [7, 11) is 0. The molecule has 3 heteroatoms. The van der Waals surface area contributed by atoms with Gasteiger partial charge >= 0.3 is 0 Å². The average Bonchev–Trinajstić information content (AvgIpc) is 3.27. The van der Waals surface area contributed by atoms with Gasteiger partial charge in [0.1, 0.15) is 0 Å². The monoisotopic (exact) mass is 304 g/mol. The van der Waals surface area contributed by atoms with Crippen LogP contribution < -0.4 is 5.32 Å². The normalized spacial score (nSPS) is 15.5. The second kappa shape index (κ2) is 5.27. The van der Waals surface area contributed by atoms with Crippen molar-refractivity contribution in [3.63, 3.8) is 0 Å². The van der Waals surface area contributed by atoms with Crippen LogP contribution in [0.2, 0.25) is 0 Å². The van der Waals surface area contributed by atoms with Gasteiger partial charge in [-0.05, 0) is 37.0 Å². The quantitative estimate of drug-likeness (QED) is 0.756. The Morgan fingerprint density at radius 2 is 1.87 bits per heavy atom. The van der Waals surface area contributed by atoms with Crippen molar-refractivity contribution in [2.45, 2.75) is 31.7 Å². The molecule has 1 aliphatic carbocycles. The van der Waals surface area contributed by atoms with Crippen LogP contribution >= 0.6 is 0 Å². The molecule has 1 heterocycles. The minimum Gasteiger partial charge on any atom is -0.361 e. The lowest BCUT2D eigenvalue weighted by atomic mass is 9.94. The second-order valence-electron chi connectivity index (χ2n) is 6.50. The van der Waals surface area contributed by atoms with E-state index in [0.29, 0.717) is 6.54 Å². The van der Waals surface area contributed by atoms with E-state index >= 15 is 0 Å². The third kappa shape index (κ3) is 2.42. The number of carbonyl (C=O) groups excluding carboxylic acids is 1. The molecular weight excluding hydrogens is 284 g/mol. The molecule has 0 saturated heterocycles. The molecule has 2 N–H and O–H groups in total. The third-order valence-electron chi connectivity index (χ3n) is 4.86. The Bertz CT molecular complexity index is 857. The molecule has 1 amide bonds. The number of para-hydroxylation sites is 1. The first kappa shape index (κ1) is 14.1. The maximum atomic E-state index is 12.8. The molecule has 0 unspecified atom stereocenters. The van der Waals surface area contributed by atoms with E-state index < -0.39 is 0 Å². The molecule has 116 valence electrons. The Labute approximate surface area is 135 Å². The lowest BCUT2D eigenvalue weighted by Gasteiger charge is -2.15. The number of nitrogens with one attached hydrogen (secondary N) is 2. The highest BCUT2D eigenvalue weighted by atomic mass is 16.2. The van der Waals surface area contributed by atoms with Gasteiger partial charge in [0.2, 0.25) is 5.91 Å². The summed E-state index contributed by atoms with van der Waals surface area (Å²) in [5.41, 5.74) is 4.26. The van der Waals surface area contributed by atoms with Gasteiger partial charge in [0, 0.05) is 23.6 Å². The number of aromatic nitrogens is 1. The van der Waals surface area contributed by atoms with Crippen LogP contribution in [0.3, 0.4) is 0 Å². The number of rotatable bonds is 4. The number of aromatic amines is 1. The summed E-state index contributed by atoms with van der Waals surface area (Å²) in [6, 6.07) is 16.5. The summed E-state index contributed by atoms with van der Waals surface area (Å²) >= 11 is 0. The van der Waals surface area contributed by atoms with Crippen molar-refractivity contribution in [2.75, 3.05) is 0 Å². The Morgan fingerprint density at radius 3 is 2.61 bits per heavy atom. The molecule has 1 aromatic heterocycles. The topological polar surface area (TPSA) is 44.9 Å². The Hall–Kier alpha value is -2.55. The van der Waals surface area contributed by atoms with E-state index in [2.05, 4.69) is 53.6 Å². The van der Waals surface area contributed by atoms with E-state index in [1.54, 1.807) is 0 Å². The van der Waals surface area contributed by atoms with E-state index in [1.165, 1.54) is 5.56 Å². The van der Waals surface area contributed by atoms with E-state index in [0.717, 1.165) is 34.9 Å². The van der Waals surface area contributed by atoms with Crippen LogP contribution in [-0.2, 0) is 16.8 Å². The van der Waals surface area contributed by atoms with Gasteiger partial charge in [0.05, 0.1) is 5.41 Å². The largest absolute Gasteiger partial charge is 0.361 e. The first-order valence-corrected chi connectivity index (χ1v) is 8.09. The van der Waals surface area contributed by atoms with Gasteiger partial charge in [-0.25, -0.2) is 0 Å². The highest BCUT2D eigenvalue weighted by Gasteiger charge is 2.52. The molecule has 0 aliphatic heterocycles. The van der Waals surface area contributed by atoms with Crippen molar-refractivity contribution in [1.29, 1.82) is 0 Å². The number of hydrogen-bond acceptors (Lipinski definition) is 1. The highest BCUT2D eigenvalue weighted by Crippen LogP contribution is 2.50. The summed E-state index contributed by atoms with van der Waals surface area (Å²) in [5, 5.41) is 4.28. The fourth-order valence-electron chi connectivity index (χ4n) is 3.27. The number of fused-ring (bicyclic) bond motifs is 1. The second-order valence-corrected chi connectivity index (χ2v) is 6.50. The smallest absolute Gasteiger partial charge is 0.231 e. The molecule has 1 fully saturated rings. The maximum absolute atomic E-state index is 12.8. The van der Waals surface area contributed by atoms with Crippen molar-refractivity contribution in [3.05, 3.63) is 71.4 Å². The first-order valence-electron chi connectivity index (χ1n) is 8.09. The molecule has 3 aromatic rings. The molecular formula is C20H20N2O. The van der Waals surface area contributed by atoms with Gasteiger partial charge in [0.25, 0.3) is 0 Å². The summed E-state index contributed by atoms with van der Waals surface area (Å²) in [6.45, 7) is 2.65. The highest BCUT2D eigenvalue weighted by molar-refractivity contribution is 5.97. The predicted molar refractivity (Wildman–Crippen MR) is 92.2 cm³/mol. The van der Waals surface area contributed by atoms with Gasteiger partial charge < -0.3 is 10.3 Å². The van der Waals surface area contributed by atoms with Gasteiger partial charge in [-0.2, -0.15) is 0 Å². The standard InChI is InChI=1S/C20H20N2O/c1-14-6-8-15(9-7-14)12-22-19(23)20(10-11-20)17-13-21-18-5-3-2-4-16(17)18/h2-9,13,21H,10-12H2,1H3,(H,22,23). The van der Waals surface area contributed by atoms with Gasteiger partial charge in [-0.3, -0.25) is 4.79 Å². The van der Waals surface area contributed by atoms with E-state index in [-0.39, 0.29) is 11.3 Å². The SMILES string of the molecule is Cc1ccc(CNC(=O)C2(c3c[nH]c4ccccc34)CC2)cc1. The maximum Gasteiger partial charge on any atom is 0.231 e. The number of benzene rings is 2. The van der Waals surface area contributed by atoms with E-state index in [1.807, 2.05) is 18.3 Å². The fraction of sp³-hybridized carbons (Fsp3) is 0.250. The molecule has 0 atom stereocenters. The lowest BCUT2D eigenvalue weighted by Crippen LogP contribution is -2.34. The minimum absolute atomic E-state index is 0.142. The molecule has 3 nitrogen and oxygen atoms in total. The van der Waals surface area contributed by atoms with Crippen LogP contribution in [0.5, 0.6) is 0 Å². The van der Waals surface area contributed by atoms with Crippen LogP contribution in [0.4, 0.5) is 0 Å². The zero-order chi connectivity index (χ0) is 15.9. The zero-order valence-corrected chi connectivity index (χ0v) is 13.2. The number of H-pyrrole nitrogens is 1. The molecule has 0 radical (unpaired) electrons. The third-order valence-corrected chi connectivity index (χ3v) is 4.86. The molecule has 23 heavy (non-hydrogen) atoms. The van der Waals surface area contributed by atoms with Crippen molar-refractivity contribution in [2.24, 2.45) is 0 Å². The van der Waals surface area contributed by atoms with Crippen molar-refractivity contribution in [3.8, 4) is 0 Å². The Morgan fingerprint density at radius 1 is 1.13 bits per heavy atom. The van der Waals surface area contributed by atoms with Crippen molar-refractivity contribution >= 4 is 16.8 Å².